The molecular formula is C16H23ClF2N2O2S. The Bertz CT molecular complexity index is 558. The molecule has 1 N–H and O–H groups in total. The van der Waals surface area contributed by atoms with Crippen LogP contribution in [0.3, 0.4) is 0 Å². The summed E-state index contributed by atoms with van der Waals surface area (Å²) >= 11 is 1.22. The van der Waals surface area contributed by atoms with Crippen molar-refractivity contribution < 1.29 is 18.3 Å². The van der Waals surface area contributed by atoms with Gasteiger partial charge in [-0.1, -0.05) is 0 Å². The maximum atomic E-state index is 12.6. The van der Waals surface area contributed by atoms with Gasteiger partial charge in [-0.3, -0.25) is 4.79 Å². The Morgan fingerprint density at radius 1 is 1.38 bits per heavy atom. The Morgan fingerprint density at radius 2 is 2.04 bits per heavy atom. The number of ether oxygens (including phenoxy) is 1. The van der Waals surface area contributed by atoms with Gasteiger partial charge in [-0.25, -0.2) is 0 Å². The fraction of sp³-hybridized carbons (Fsp3) is 0.688. The summed E-state index contributed by atoms with van der Waals surface area (Å²) in [5, 5.41) is 3.57. The van der Waals surface area contributed by atoms with Crippen molar-refractivity contribution >= 4 is 29.7 Å². The van der Waals surface area contributed by atoms with E-state index in [-0.39, 0.29) is 28.9 Å². The third-order valence-electron chi connectivity index (χ3n) is 4.41. The topological polar surface area (TPSA) is 41.6 Å². The van der Waals surface area contributed by atoms with Crippen LogP contribution in [0, 0.1) is 12.8 Å². The van der Waals surface area contributed by atoms with Gasteiger partial charge in [-0.05, 0) is 51.1 Å². The zero-order valence-electron chi connectivity index (χ0n) is 13.6. The number of hydrogen-bond donors (Lipinski definition) is 1. The summed E-state index contributed by atoms with van der Waals surface area (Å²) in [6.07, 6.45) is 4.48. The lowest BCUT2D eigenvalue weighted by Crippen LogP contribution is -2.45. The number of amides is 1. The molecule has 8 heteroatoms. The zero-order valence-corrected chi connectivity index (χ0v) is 15.2. The molecular weight excluding hydrogens is 358 g/mol. The molecule has 3 rings (SSSR count). The molecule has 4 nitrogen and oxygen atoms in total. The minimum atomic E-state index is -2.91. The Hall–Kier alpha value is -0.920. The lowest BCUT2D eigenvalue weighted by Gasteiger charge is -2.32. The average Bonchev–Trinajstić information content (AvgIpc) is 3.27. The van der Waals surface area contributed by atoms with E-state index in [0.29, 0.717) is 19.1 Å². The summed E-state index contributed by atoms with van der Waals surface area (Å²) in [7, 11) is 0. The van der Waals surface area contributed by atoms with Crippen LogP contribution in [0.2, 0.25) is 0 Å². The van der Waals surface area contributed by atoms with E-state index in [1.54, 1.807) is 11.8 Å². The summed E-state index contributed by atoms with van der Waals surface area (Å²) < 4.78 is 29.4. The van der Waals surface area contributed by atoms with E-state index < -0.39 is 6.61 Å². The molecule has 1 aliphatic heterocycles. The molecule has 1 saturated carbocycles. The van der Waals surface area contributed by atoms with Crippen molar-refractivity contribution in [3.63, 3.8) is 0 Å². The van der Waals surface area contributed by atoms with Crippen LogP contribution in [0.15, 0.2) is 6.07 Å². The molecule has 1 amide bonds. The first kappa shape index (κ1) is 19.4. The second-order valence-electron chi connectivity index (χ2n) is 6.35. The quantitative estimate of drug-likeness (QED) is 0.818. The highest BCUT2D eigenvalue weighted by Crippen LogP contribution is 2.32. The summed E-state index contributed by atoms with van der Waals surface area (Å²) in [5.41, 5.74) is 0. The number of aryl methyl sites for hydroxylation is 1. The number of likely N-dealkylation sites (tertiary alicyclic amines) is 1. The Balaban J connectivity index is 0.00000208. The van der Waals surface area contributed by atoms with E-state index in [1.807, 2.05) is 0 Å². The van der Waals surface area contributed by atoms with Gasteiger partial charge in [0.2, 0.25) is 0 Å². The lowest BCUT2D eigenvalue weighted by atomic mass is 10.0. The number of hydrogen-bond acceptors (Lipinski definition) is 4. The van der Waals surface area contributed by atoms with Crippen LogP contribution in [0.25, 0.3) is 0 Å². The van der Waals surface area contributed by atoms with Gasteiger partial charge in [-0.2, -0.15) is 8.78 Å². The minimum absolute atomic E-state index is 0. The predicted octanol–water partition coefficient (Wildman–Crippen LogP) is 3.68. The van der Waals surface area contributed by atoms with Crippen molar-refractivity contribution in [3.8, 4) is 5.75 Å². The fourth-order valence-electron chi connectivity index (χ4n) is 2.91. The standard InChI is InChI=1S/C16H22F2N2O2S.ClH/c1-10-8-13(22-16(17)18)14(23-10)15(21)20-6-4-12(5-7-20)19-9-11-2-3-11;/h8,11-12,16,19H,2-7,9H2,1H3;1H. The molecule has 1 saturated heterocycles. The van der Waals surface area contributed by atoms with Gasteiger partial charge >= 0.3 is 6.61 Å². The number of alkyl halides is 2. The molecule has 2 fully saturated rings. The van der Waals surface area contributed by atoms with Crippen LogP contribution < -0.4 is 10.1 Å². The predicted molar refractivity (Wildman–Crippen MR) is 92.6 cm³/mol. The van der Waals surface area contributed by atoms with E-state index in [4.69, 9.17) is 0 Å². The molecule has 1 aliphatic carbocycles. The second kappa shape index (κ2) is 8.45. The van der Waals surface area contributed by atoms with E-state index in [9.17, 15) is 13.6 Å². The van der Waals surface area contributed by atoms with Gasteiger partial charge in [-0.15, -0.1) is 23.7 Å². The van der Waals surface area contributed by atoms with Crippen molar-refractivity contribution in [2.75, 3.05) is 19.6 Å². The number of thiophene rings is 1. The minimum Gasteiger partial charge on any atom is -0.433 e. The molecule has 0 radical (unpaired) electrons. The Morgan fingerprint density at radius 3 is 2.62 bits per heavy atom. The Kier molecular flexibility index (Phi) is 6.83. The second-order valence-corrected chi connectivity index (χ2v) is 7.60. The van der Waals surface area contributed by atoms with E-state index in [0.717, 1.165) is 30.2 Å². The SMILES string of the molecule is Cc1cc(OC(F)F)c(C(=O)N2CCC(NCC3CC3)CC2)s1.Cl. The first-order valence-corrected chi connectivity index (χ1v) is 8.92. The fourth-order valence-corrected chi connectivity index (χ4v) is 3.82. The van der Waals surface area contributed by atoms with Crippen LogP contribution in [-0.2, 0) is 0 Å². The molecule has 136 valence electrons. The monoisotopic (exact) mass is 380 g/mol. The van der Waals surface area contributed by atoms with Crippen molar-refractivity contribution in [2.24, 2.45) is 5.92 Å². The molecule has 2 heterocycles. The van der Waals surface area contributed by atoms with E-state index in [1.165, 1.54) is 30.2 Å². The van der Waals surface area contributed by atoms with Gasteiger partial charge in [0.15, 0.2) is 0 Å². The van der Waals surface area contributed by atoms with Crippen LogP contribution in [0.1, 0.15) is 40.2 Å². The lowest BCUT2D eigenvalue weighted by molar-refractivity contribution is -0.0499. The Labute approximate surface area is 151 Å². The van der Waals surface area contributed by atoms with Crippen LogP contribution in [-0.4, -0.2) is 43.1 Å². The van der Waals surface area contributed by atoms with Crippen molar-refractivity contribution in [3.05, 3.63) is 15.8 Å². The van der Waals surface area contributed by atoms with Gasteiger partial charge in [0.05, 0.1) is 0 Å². The largest absolute Gasteiger partial charge is 0.433 e. The van der Waals surface area contributed by atoms with Crippen LogP contribution in [0.4, 0.5) is 8.78 Å². The number of nitrogens with zero attached hydrogens (tertiary/aromatic N) is 1. The molecule has 0 atom stereocenters. The summed E-state index contributed by atoms with van der Waals surface area (Å²) in [6, 6.07) is 1.97. The molecule has 0 unspecified atom stereocenters. The molecule has 24 heavy (non-hydrogen) atoms. The molecule has 0 spiro atoms. The molecule has 0 bridgehead atoms. The number of halogens is 3. The van der Waals surface area contributed by atoms with E-state index in [2.05, 4.69) is 10.1 Å². The van der Waals surface area contributed by atoms with Gasteiger partial charge < -0.3 is 15.0 Å². The number of carbonyl (C=O) groups excluding carboxylic acids is 1. The van der Waals surface area contributed by atoms with Gasteiger partial charge in [0.25, 0.3) is 5.91 Å². The van der Waals surface area contributed by atoms with Crippen molar-refractivity contribution in [2.45, 2.75) is 45.3 Å². The van der Waals surface area contributed by atoms with Crippen molar-refractivity contribution in [1.82, 2.24) is 10.2 Å². The van der Waals surface area contributed by atoms with Crippen LogP contribution >= 0.6 is 23.7 Å². The maximum Gasteiger partial charge on any atom is 0.387 e. The van der Waals surface area contributed by atoms with Gasteiger partial charge in [0.1, 0.15) is 10.6 Å². The number of piperidine rings is 1. The third-order valence-corrected chi connectivity index (χ3v) is 5.43. The van der Waals surface area contributed by atoms with E-state index >= 15 is 0 Å². The summed E-state index contributed by atoms with van der Waals surface area (Å²) in [4.78, 5) is 15.4. The highest BCUT2D eigenvalue weighted by molar-refractivity contribution is 7.14. The highest BCUT2D eigenvalue weighted by Gasteiger charge is 2.29. The molecule has 1 aromatic rings. The highest BCUT2D eigenvalue weighted by atomic mass is 35.5. The van der Waals surface area contributed by atoms with Gasteiger partial charge in [0, 0.05) is 24.0 Å². The molecule has 1 aromatic heterocycles. The van der Waals surface area contributed by atoms with Crippen LogP contribution in [0.5, 0.6) is 5.75 Å². The van der Waals surface area contributed by atoms with Crippen molar-refractivity contribution in [1.29, 1.82) is 0 Å². The third kappa shape index (κ3) is 5.04. The molecule has 0 aromatic carbocycles. The number of carbonyl (C=O) groups is 1. The average molecular weight is 381 g/mol. The number of nitrogens with one attached hydrogen (secondary N) is 1. The maximum absolute atomic E-state index is 12.6. The summed E-state index contributed by atoms with van der Waals surface area (Å²) in [5.74, 6) is 0.652. The zero-order chi connectivity index (χ0) is 16.4. The first-order chi connectivity index (χ1) is 11.0. The number of rotatable bonds is 6. The first-order valence-electron chi connectivity index (χ1n) is 8.11. The summed E-state index contributed by atoms with van der Waals surface area (Å²) in [6.45, 7) is 1.27. The smallest absolute Gasteiger partial charge is 0.387 e. The molecule has 2 aliphatic rings. The normalized spacial score (nSPS) is 18.6.